The Labute approximate surface area is 174 Å². The Morgan fingerprint density at radius 3 is 2.47 bits per heavy atom. The van der Waals surface area contributed by atoms with Crippen molar-refractivity contribution in [1.29, 1.82) is 0 Å². The van der Waals surface area contributed by atoms with Gasteiger partial charge in [0.1, 0.15) is 18.8 Å². The van der Waals surface area contributed by atoms with E-state index in [1.807, 2.05) is 30.3 Å². The molecule has 30 heavy (non-hydrogen) atoms. The third-order valence-corrected chi connectivity index (χ3v) is 4.94. The van der Waals surface area contributed by atoms with Gasteiger partial charge in [-0.2, -0.15) is 0 Å². The van der Waals surface area contributed by atoms with Gasteiger partial charge in [0.25, 0.3) is 5.69 Å². The second-order valence-corrected chi connectivity index (χ2v) is 7.23. The van der Waals surface area contributed by atoms with Crippen LogP contribution in [0.4, 0.5) is 10.5 Å². The van der Waals surface area contributed by atoms with Crippen LogP contribution in [0.3, 0.4) is 0 Å². The van der Waals surface area contributed by atoms with Crippen molar-refractivity contribution in [3.05, 3.63) is 75.8 Å². The molecular weight excluding hydrogens is 388 g/mol. The average Bonchev–Trinajstić information content (AvgIpc) is 3.26. The molecule has 1 aliphatic carbocycles. The summed E-state index contributed by atoms with van der Waals surface area (Å²) in [6.45, 7) is -0.150. The Morgan fingerprint density at radius 2 is 1.77 bits per heavy atom. The van der Waals surface area contributed by atoms with Crippen LogP contribution in [0.5, 0.6) is 0 Å². The van der Waals surface area contributed by atoms with E-state index in [1.165, 1.54) is 18.2 Å². The van der Waals surface area contributed by atoms with Gasteiger partial charge in [-0.05, 0) is 36.8 Å². The highest BCUT2D eigenvalue weighted by Crippen LogP contribution is 2.22. The molecule has 0 spiro atoms. The highest BCUT2D eigenvalue weighted by molar-refractivity contribution is 5.81. The number of alkyl carbamates (subject to hydrolysis) is 1. The zero-order valence-corrected chi connectivity index (χ0v) is 16.5. The highest BCUT2D eigenvalue weighted by atomic mass is 16.6. The van der Waals surface area contributed by atoms with E-state index in [2.05, 4.69) is 5.32 Å². The lowest BCUT2D eigenvalue weighted by Crippen LogP contribution is -2.44. The lowest BCUT2D eigenvalue weighted by Gasteiger charge is -2.20. The van der Waals surface area contributed by atoms with Crippen LogP contribution >= 0.6 is 0 Å². The fraction of sp³-hybridized carbons (Fsp3) is 0.364. The molecular formula is C22H24N2O6. The van der Waals surface area contributed by atoms with E-state index < -0.39 is 23.0 Å². The van der Waals surface area contributed by atoms with Crippen molar-refractivity contribution in [3.63, 3.8) is 0 Å². The van der Waals surface area contributed by atoms with Gasteiger partial charge in [-0.3, -0.25) is 10.1 Å². The van der Waals surface area contributed by atoms with Gasteiger partial charge in [-0.25, -0.2) is 9.59 Å². The highest BCUT2D eigenvalue weighted by Gasteiger charge is 2.27. The van der Waals surface area contributed by atoms with E-state index in [4.69, 9.17) is 9.47 Å². The Hall–Kier alpha value is -3.42. The summed E-state index contributed by atoms with van der Waals surface area (Å²) in [4.78, 5) is 35.3. The van der Waals surface area contributed by atoms with E-state index in [-0.39, 0.29) is 24.8 Å². The number of rotatable bonds is 8. The minimum absolute atomic E-state index is 0.0846. The van der Waals surface area contributed by atoms with Gasteiger partial charge in [-0.15, -0.1) is 0 Å². The molecule has 0 aliphatic heterocycles. The van der Waals surface area contributed by atoms with Crippen molar-refractivity contribution in [3.8, 4) is 0 Å². The predicted octanol–water partition coefficient (Wildman–Crippen LogP) is 3.92. The number of nitro groups is 1. The standard InChI is InChI=1S/C22H24N2O6/c25-21(30-19-11-4-5-12-19)20(14-16-7-2-1-3-8-16)23-22(26)29-15-17-9-6-10-18(13-17)24(27)28/h1-3,6-10,13,19-20H,4-5,11-12,14-15H2,(H,23,26). The third kappa shape index (κ3) is 6.30. The second-order valence-electron chi connectivity index (χ2n) is 7.23. The lowest BCUT2D eigenvalue weighted by molar-refractivity contribution is -0.384. The SMILES string of the molecule is O=C(NC(Cc1ccccc1)C(=O)OC1CCCC1)OCc1cccc([N+](=O)[O-])c1. The van der Waals surface area contributed by atoms with Crippen molar-refractivity contribution in [2.24, 2.45) is 0 Å². The molecule has 1 atom stereocenters. The fourth-order valence-corrected chi connectivity index (χ4v) is 3.39. The summed E-state index contributed by atoms with van der Waals surface area (Å²) in [5.74, 6) is -0.488. The van der Waals surface area contributed by atoms with E-state index >= 15 is 0 Å². The summed E-state index contributed by atoms with van der Waals surface area (Å²) in [5.41, 5.74) is 1.27. The quantitative estimate of drug-likeness (QED) is 0.400. The van der Waals surface area contributed by atoms with Gasteiger partial charge < -0.3 is 14.8 Å². The van der Waals surface area contributed by atoms with Crippen molar-refractivity contribution in [2.75, 3.05) is 0 Å². The molecule has 0 aromatic heterocycles. The molecule has 0 saturated heterocycles. The first-order valence-electron chi connectivity index (χ1n) is 9.92. The molecule has 1 fully saturated rings. The normalized spacial score (nSPS) is 14.7. The van der Waals surface area contributed by atoms with Gasteiger partial charge in [0, 0.05) is 18.6 Å². The molecule has 0 radical (unpaired) electrons. The van der Waals surface area contributed by atoms with Gasteiger partial charge >= 0.3 is 12.1 Å². The molecule has 0 bridgehead atoms. The Bertz CT molecular complexity index is 880. The third-order valence-electron chi connectivity index (χ3n) is 4.94. The number of carbonyl (C=O) groups is 2. The number of ether oxygens (including phenoxy) is 2. The van der Waals surface area contributed by atoms with E-state index in [0.717, 1.165) is 31.2 Å². The molecule has 0 heterocycles. The number of carbonyl (C=O) groups excluding carboxylic acids is 2. The largest absolute Gasteiger partial charge is 0.461 e. The number of esters is 1. The first-order chi connectivity index (χ1) is 14.5. The van der Waals surface area contributed by atoms with Crippen LogP contribution in [0.15, 0.2) is 54.6 Å². The summed E-state index contributed by atoms with van der Waals surface area (Å²) in [5, 5.41) is 13.4. The minimum Gasteiger partial charge on any atom is -0.461 e. The van der Waals surface area contributed by atoms with Crippen LogP contribution in [0.25, 0.3) is 0 Å². The number of nitrogens with one attached hydrogen (secondary N) is 1. The van der Waals surface area contributed by atoms with E-state index in [9.17, 15) is 19.7 Å². The van der Waals surface area contributed by atoms with Crippen molar-refractivity contribution < 1.29 is 24.0 Å². The van der Waals surface area contributed by atoms with Gasteiger partial charge in [0.05, 0.1) is 4.92 Å². The first-order valence-corrected chi connectivity index (χ1v) is 9.92. The summed E-state index contributed by atoms with van der Waals surface area (Å²) >= 11 is 0. The number of benzene rings is 2. The van der Waals surface area contributed by atoms with Crippen molar-refractivity contribution >= 4 is 17.7 Å². The lowest BCUT2D eigenvalue weighted by atomic mass is 10.1. The molecule has 8 nitrogen and oxygen atoms in total. The zero-order valence-electron chi connectivity index (χ0n) is 16.5. The molecule has 1 aliphatic rings. The van der Waals surface area contributed by atoms with Crippen molar-refractivity contribution in [1.82, 2.24) is 5.32 Å². The molecule has 1 saturated carbocycles. The molecule has 158 valence electrons. The molecule has 1 N–H and O–H groups in total. The number of hydrogen-bond acceptors (Lipinski definition) is 6. The summed E-state index contributed by atoms with van der Waals surface area (Å²) in [7, 11) is 0. The number of hydrogen-bond donors (Lipinski definition) is 1. The molecule has 1 amide bonds. The maximum atomic E-state index is 12.7. The average molecular weight is 412 g/mol. The van der Waals surface area contributed by atoms with E-state index in [1.54, 1.807) is 6.07 Å². The summed E-state index contributed by atoms with van der Waals surface area (Å²) in [6.07, 6.45) is 3.10. The van der Waals surface area contributed by atoms with Crippen LogP contribution in [-0.2, 0) is 27.3 Å². The van der Waals surface area contributed by atoms with Gasteiger partial charge in [-0.1, -0.05) is 42.5 Å². The Morgan fingerprint density at radius 1 is 1.07 bits per heavy atom. The maximum Gasteiger partial charge on any atom is 0.408 e. The molecule has 2 aromatic carbocycles. The molecule has 2 aromatic rings. The minimum atomic E-state index is -0.884. The van der Waals surface area contributed by atoms with Crippen LogP contribution in [0, 0.1) is 10.1 Å². The number of non-ortho nitro benzene ring substituents is 1. The second kappa shape index (κ2) is 10.4. The van der Waals surface area contributed by atoms with E-state index in [0.29, 0.717) is 5.56 Å². The van der Waals surface area contributed by atoms with Gasteiger partial charge in [0.2, 0.25) is 0 Å². The Balaban J connectivity index is 1.60. The monoisotopic (exact) mass is 412 g/mol. The Kier molecular flexibility index (Phi) is 7.37. The van der Waals surface area contributed by atoms with Crippen molar-refractivity contribution in [2.45, 2.75) is 50.9 Å². The predicted molar refractivity (Wildman–Crippen MR) is 109 cm³/mol. The van der Waals surface area contributed by atoms with Crippen LogP contribution in [-0.4, -0.2) is 29.1 Å². The maximum absolute atomic E-state index is 12.7. The molecule has 8 heteroatoms. The first kappa shape index (κ1) is 21.3. The fourth-order valence-electron chi connectivity index (χ4n) is 3.39. The number of nitro benzene ring substituents is 1. The summed E-state index contributed by atoms with van der Waals surface area (Å²) in [6, 6.07) is 14.3. The van der Waals surface area contributed by atoms with Crippen LogP contribution in [0.1, 0.15) is 36.8 Å². The van der Waals surface area contributed by atoms with Crippen LogP contribution < -0.4 is 5.32 Å². The molecule has 3 rings (SSSR count). The summed E-state index contributed by atoms with van der Waals surface area (Å²) < 4.78 is 10.7. The number of amides is 1. The number of nitrogens with zero attached hydrogens (tertiary/aromatic N) is 1. The van der Waals surface area contributed by atoms with Gasteiger partial charge in [0.15, 0.2) is 0 Å². The van der Waals surface area contributed by atoms with Crippen LogP contribution in [0.2, 0.25) is 0 Å². The topological polar surface area (TPSA) is 108 Å². The zero-order chi connectivity index (χ0) is 21.3. The smallest absolute Gasteiger partial charge is 0.408 e. The molecule has 1 unspecified atom stereocenters.